The Morgan fingerprint density at radius 2 is 1.83 bits per heavy atom. The van der Waals surface area contributed by atoms with Crippen LogP contribution in [0.3, 0.4) is 0 Å². The highest BCUT2D eigenvalue weighted by Crippen LogP contribution is 2.33. The van der Waals surface area contributed by atoms with Gasteiger partial charge in [-0.3, -0.25) is 0 Å². The van der Waals surface area contributed by atoms with E-state index in [1.54, 1.807) is 12.1 Å². The average molecular weight is 424 g/mol. The summed E-state index contributed by atoms with van der Waals surface area (Å²) in [5.41, 5.74) is 0.944. The van der Waals surface area contributed by atoms with Crippen LogP contribution in [0.2, 0.25) is 15.1 Å². The van der Waals surface area contributed by atoms with Crippen LogP contribution < -0.4 is 10.6 Å². The van der Waals surface area contributed by atoms with Gasteiger partial charge in [0.15, 0.2) is 5.11 Å². The lowest BCUT2D eigenvalue weighted by atomic mass is 10.2. The Bertz CT molecular complexity index is 793. The zero-order valence-corrected chi connectivity index (χ0v) is 16.6. The topological polar surface area (TPSA) is 50.4 Å². The van der Waals surface area contributed by atoms with E-state index in [0.717, 1.165) is 11.3 Å². The van der Waals surface area contributed by atoms with Gasteiger partial charge in [-0.2, -0.15) is 0 Å². The predicted octanol–water partition coefficient (Wildman–Crippen LogP) is 5.87. The smallest absolute Gasteiger partial charge is 0.340 e. The third-order valence-electron chi connectivity index (χ3n) is 3.02. The number of halogens is 3. The van der Waals surface area contributed by atoms with Crippen molar-refractivity contribution in [1.82, 2.24) is 0 Å². The van der Waals surface area contributed by atoms with Crippen LogP contribution in [0.5, 0.6) is 0 Å². The number of benzene rings is 1. The summed E-state index contributed by atoms with van der Waals surface area (Å²) < 4.78 is 4.79. The first kappa shape index (κ1) is 19.3. The second-order valence-electron chi connectivity index (χ2n) is 4.63. The van der Waals surface area contributed by atoms with Crippen molar-refractivity contribution >= 4 is 80.1 Å². The summed E-state index contributed by atoms with van der Waals surface area (Å²) in [4.78, 5) is 12.9. The van der Waals surface area contributed by atoms with Gasteiger partial charge in [0.25, 0.3) is 0 Å². The first-order valence-corrected chi connectivity index (χ1v) is 9.15. The van der Waals surface area contributed by atoms with Crippen LogP contribution in [-0.2, 0) is 11.2 Å². The Morgan fingerprint density at radius 3 is 2.46 bits per heavy atom. The maximum absolute atomic E-state index is 11.9. The normalized spacial score (nSPS) is 10.4. The molecule has 0 aliphatic carbocycles. The molecule has 2 aromatic rings. The van der Waals surface area contributed by atoms with Crippen LogP contribution in [0.25, 0.3) is 0 Å². The van der Waals surface area contributed by atoms with Gasteiger partial charge in [-0.05, 0) is 36.8 Å². The minimum absolute atomic E-state index is 0.268. The first-order valence-electron chi connectivity index (χ1n) is 6.79. The second-order valence-corrected chi connectivity index (χ2v) is 7.39. The van der Waals surface area contributed by atoms with E-state index in [0.29, 0.717) is 31.3 Å². The molecule has 0 aliphatic rings. The molecule has 0 amide bonds. The molecule has 0 spiro atoms. The molecule has 1 aromatic heterocycles. The molecule has 1 heterocycles. The lowest BCUT2D eigenvalue weighted by Crippen LogP contribution is -2.20. The number of aryl methyl sites for hydroxylation is 1. The Hall–Kier alpha value is -1.05. The molecular weight excluding hydrogens is 411 g/mol. The van der Waals surface area contributed by atoms with Gasteiger partial charge in [0, 0.05) is 4.88 Å². The molecule has 0 atom stereocenters. The lowest BCUT2D eigenvalue weighted by molar-refractivity contribution is 0.0602. The van der Waals surface area contributed by atoms with Crippen LogP contribution in [0.15, 0.2) is 18.2 Å². The number of rotatable bonds is 4. The van der Waals surface area contributed by atoms with Gasteiger partial charge in [0.2, 0.25) is 0 Å². The van der Waals surface area contributed by atoms with Crippen LogP contribution in [-0.4, -0.2) is 18.2 Å². The number of hydrogen-bond donors (Lipinski definition) is 2. The largest absolute Gasteiger partial charge is 0.465 e. The number of nitrogens with one attached hydrogen (secondary N) is 2. The maximum Gasteiger partial charge on any atom is 0.340 e. The summed E-state index contributed by atoms with van der Waals surface area (Å²) in [5, 5.41) is 7.89. The standard InChI is InChI=1S/C15H13Cl3N2O2S2/c1-3-7-4-8(14(21)22-2)13(24-7)20-15(23)19-12-6-10(17)9(16)5-11(12)18/h4-6H,3H2,1-2H3,(H2,19,20,23). The minimum Gasteiger partial charge on any atom is -0.465 e. The van der Waals surface area contributed by atoms with E-state index in [4.69, 9.17) is 51.8 Å². The van der Waals surface area contributed by atoms with E-state index in [1.807, 2.05) is 6.92 Å². The first-order chi connectivity index (χ1) is 11.3. The Kier molecular flexibility index (Phi) is 6.71. The van der Waals surface area contributed by atoms with Gasteiger partial charge in [-0.15, -0.1) is 11.3 Å². The molecule has 0 saturated heterocycles. The Labute approximate surface area is 164 Å². The summed E-state index contributed by atoms with van der Waals surface area (Å²) in [7, 11) is 1.33. The number of thiophene rings is 1. The summed E-state index contributed by atoms with van der Waals surface area (Å²) in [6.45, 7) is 2.00. The molecule has 9 heteroatoms. The zero-order valence-electron chi connectivity index (χ0n) is 12.7. The fourth-order valence-electron chi connectivity index (χ4n) is 1.85. The Morgan fingerprint density at radius 1 is 1.17 bits per heavy atom. The van der Waals surface area contributed by atoms with E-state index < -0.39 is 5.97 Å². The summed E-state index contributed by atoms with van der Waals surface area (Å²) in [5.74, 6) is -0.427. The van der Waals surface area contributed by atoms with Gasteiger partial charge in [0.1, 0.15) is 5.00 Å². The minimum atomic E-state index is -0.427. The van der Waals surface area contributed by atoms with Crippen molar-refractivity contribution in [1.29, 1.82) is 0 Å². The quantitative estimate of drug-likeness (QED) is 0.366. The van der Waals surface area contributed by atoms with Crippen molar-refractivity contribution in [2.24, 2.45) is 0 Å². The predicted molar refractivity (Wildman–Crippen MR) is 106 cm³/mol. The van der Waals surface area contributed by atoms with Gasteiger partial charge < -0.3 is 15.4 Å². The molecule has 2 rings (SSSR count). The fraction of sp³-hybridized carbons (Fsp3) is 0.200. The summed E-state index contributed by atoms with van der Waals surface area (Å²) >= 11 is 24.7. The van der Waals surface area contributed by atoms with Gasteiger partial charge in [-0.25, -0.2) is 4.79 Å². The van der Waals surface area contributed by atoms with E-state index in [1.165, 1.54) is 24.5 Å². The molecule has 1 aromatic carbocycles. The molecular formula is C15H13Cl3N2O2S2. The molecule has 2 N–H and O–H groups in total. The van der Waals surface area contributed by atoms with E-state index in [2.05, 4.69) is 10.6 Å². The highest BCUT2D eigenvalue weighted by atomic mass is 35.5. The molecule has 4 nitrogen and oxygen atoms in total. The number of esters is 1. The number of methoxy groups -OCH3 is 1. The number of ether oxygens (including phenoxy) is 1. The van der Waals surface area contributed by atoms with Crippen molar-refractivity contribution in [3.63, 3.8) is 0 Å². The highest BCUT2D eigenvalue weighted by Gasteiger charge is 2.17. The number of thiocarbonyl (C=S) groups is 1. The van der Waals surface area contributed by atoms with E-state index in [-0.39, 0.29) is 5.11 Å². The van der Waals surface area contributed by atoms with Crippen molar-refractivity contribution < 1.29 is 9.53 Å². The number of anilines is 2. The van der Waals surface area contributed by atoms with Gasteiger partial charge >= 0.3 is 5.97 Å². The van der Waals surface area contributed by atoms with Gasteiger partial charge in [-0.1, -0.05) is 41.7 Å². The summed E-state index contributed by atoms with van der Waals surface area (Å²) in [6, 6.07) is 4.89. The summed E-state index contributed by atoms with van der Waals surface area (Å²) in [6.07, 6.45) is 0.801. The third-order valence-corrected chi connectivity index (χ3v) is 5.46. The van der Waals surface area contributed by atoms with E-state index >= 15 is 0 Å². The van der Waals surface area contributed by atoms with Crippen molar-refractivity contribution in [2.45, 2.75) is 13.3 Å². The average Bonchev–Trinajstić information content (AvgIpc) is 2.94. The highest BCUT2D eigenvalue weighted by molar-refractivity contribution is 7.80. The molecule has 0 saturated carbocycles. The molecule has 0 aliphatic heterocycles. The van der Waals surface area contributed by atoms with Crippen molar-refractivity contribution in [2.75, 3.05) is 17.7 Å². The molecule has 128 valence electrons. The number of hydrogen-bond acceptors (Lipinski definition) is 4. The van der Waals surface area contributed by atoms with Crippen LogP contribution >= 0.6 is 58.4 Å². The van der Waals surface area contributed by atoms with Crippen molar-refractivity contribution in [3.8, 4) is 0 Å². The molecule has 0 unspecified atom stereocenters. The monoisotopic (exact) mass is 422 g/mol. The van der Waals surface area contributed by atoms with Crippen LogP contribution in [0.4, 0.5) is 10.7 Å². The van der Waals surface area contributed by atoms with Crippen LogP contribution in [0.1, 0.15) is 22.2 Å². The lowest BCUT2D eigenvalue weighted by Gasteiger charge is -2.12. The molecule has 0 fully saturated rings. The SMILES string of the molecule is CCc1cc(C(=O)OC)c(NC(=S)Nc2cc(Cl)c(Cl)cc2Cl)s1. The second kappa shape index (κ2) is 8.36. The van der Waals surface area contributed by atoms with E-state index in [9.17, 15) is 4.79 Å². The van der Waals surface area contributed by atoms with Crippen LogP contribution in [0, 0.1) is 0 Å². The third kappa shape index (κ3) is 4.52. The Balaban J connectivity index is 2.20. The maximum atomic E-state index is 11.9. The van der Waals surface area contributed by atoms with Crippen molar-refractivity contribution in [3.05, 3.63) is 43.7 Å². The number of carbonyl (C=O) groups excluding carboxylic acids is 1. The van der Waals surface area contributed by atoms with Gasteiger partial charge in [0.05, 0.1) is 33.4 Å². The molecule has 24 heavy (non-hydrogen) atoms. The fourth-order valence-corrected chi connectivity index (χ4v) is 3.71. The number of carbonyl (C=O) groups is 1. The zero-order chi connectivity index (χ0) is 17.9. The molecule has 0 radical (unpaired) electrons. The molecule has 0 bridgehead atoms.